The topological polar surface area (TPSA) is 166 Å². The van der Waals surface area contributed by atoms with Crippen molar-refractivity contribution in [2.75, 3.05) is 6.61 Å². The zero-order valence-corrected chi connectivity index (χ0v) is 17.5. The van der Waals surface area contributed by atoms with Gasteiger partial charge in [0.15, 0.2) is 0 Å². The first-order chi connectivity index (χ1) is 13.2. The van der Waals surface area contributed by atoms with E-state index in [0.29, 0.717) is 12.8 Å². The summed E-state index contributed by atoms with van der Waals surface area (Å²) in [6.45, 7) is 1.56. The number of hydrogen-bond donors (Lipinski definition) is 5. The van der Waals surface area contributed by atoms with E-state index in [2.05, 4.69) is 16.4 Å². The summed E-state index contributed by atoms with van der Waals surface area (Å²) in [7, 11) is -4.79. The van der Waals surface area contributed by atoms with Gasteiger partial charge in [-0.15, -0.1) is 0 Å². The third kappa shape index (κ3) is 9.35. The van der Waals surface area contributed by atoms with Crippen LogP contribution in [-0.2, 0) is 19.4 Å². The molecule has 1 aliphatic heterocycles. The van der Waals surface area contributed by atoms with Crippen molar-refractivity contribution >= 4 is 27.2 Å². The maximum absolute atomic E-state index is 10.8. The first-order valence-corrected chi connectivity index (χ1v) is 11.6. The van der Waals surface area contributed by atoms with Crippen LogP contribution in [0.4, 0.5) is 0 Å². The number of oxime groups is 1. The van der Waals surface area contributed by atoms with Crippen LogP contribution >= 0.6 is 11.8 Å². The lowest BCUT2D eigenvalue weighted by atomic mass is 10.0. The third-order valence-corrected chi connectivity index (χ3v) is 5.76. The quantitative estimate of drug-likeness (QED) is 0.0953. The highest BCUT2D eigenvalue weighted by atomic mass is 32.3. The minimum atomic E-state index is -4.79. The summed E-state index contributed by atoms with van der Waals surface area (Å²) in [6, 6.07) is 0. The molecule has 5 atom stereocenters. The molecule has 1 heterocycles. The number of ether oxygens (including phenoxy) is 1. The Balaban J connectivity index is 2.66. The Morgan fingerprint density at radius 2 is 1.64 bits per heavy atom. The van der Waals surface area contributed by atoms with Gasteiger partial charge in [0, 0.05) is 0 Å². The maximum Gasteiger partial charge on any atom is 0.466 e. The monoisotopic (exact) mass is 445 g/mol. The molecule has 0 aromatic rings. The van der Waals surface area contributed by atoms with Crippen LogP contribution in [0.5, 0.6) is 0 Å². The van der Waals surface area contributed by atoms with Crippen LogP contribution in [0.25, 0.3) is 0 Å². The van der Waals surface area contributed by atoms with Crippen molar-refractivity contribution in [3.63, 3.8) is 0 Å². The van der Waals surface area contributed by atoms with Gasteiger partial charge in [-0.1, -0.05) is 62.4 Å². The molecule has 166 valence electrons. The number of unbranched alkanes of at least 4 members (excludes halogenated alkanes) is 6. The summed E-state index contributed by atoms with van der Waals surface area (Å²) in [5.41, 5.74) is -1.11. The molecule has 0 spiro atoms. The molecule has 28 heavy (non-hydrogen) atoms. The van der Waals surface area contributed by atoms with Gasteiger partial charge in [-0.3, -0.25) is 4.55 Å². The fourth-order valence-corrected chi connectivity index (χ4v) is 4.09. The average molecular weight is 446 g/mol. The molecule has 1 saturated heterocycles. The first kappa shape index (κ1) is 25.6. The Bertz CT molecular complexity index is 570. The highest BCUT2D eigenvalue weighted by molar-refractivity contribution is 8.14. The highest BCUT2D eigenvalue weighted by Crippen LogP contribution is 2.30. The van der Waals surface area contributed by atoms with E-state index in [4.69, 9.17) is 9.29 Å². The van der Waals surface area contributed by atoms with E-state index >= 15 is 0 Å². The summed E-state index contributed by atoms with van der Waals surface area (Å²) in [5.74, 6) is 0. The van der Waals surface area contributed by atoms with Crippen LogP contribution in [0.2, 0.25) is 0 Å². The average Bonchev–Trinajstić information content (AvgIpc) is 2.64. The molecular weight excluding hydrogens is 414 g/mol. The van der Waals surface area contributed by atoms with Gasteiger partial charge in [-0.2, -0.15) is 8.42 Å². The Morgan fingerprint density at radius 3 is 2.21 bits per heavy atom. The lowest BCUT2D eigenvalue weighted by Crippen LogP contribution is -2.57. The predicted octanol–water partition coefficient (Wildman–Crippen LogP) is 0.793. The van der Waals surface area contributed by atoms with E-state index in [9.17, 15) is 28.8 Å². The maximum atomic E-state index is 10.8. The van der Waals surface area contributed by atoms with Crippen molar-refractivity contribution in [3.8, 4) is 0 Å². The molecule has 0 aliphatic carbocycles. The number of aliphatic hydroxyl groups excluding tert-OH is 4. The predicted molar refractivity (Wildman–Crippen MR) is 104 cm³/mol. The molecule has 0 aromatic carbocycles. The number of hydrogen-bond acceptors (Lipinski definition) is 10. The highest BCUT2D eigenvalue weighted by Gasteiger charge is 2.44. The summed E-state index contributed by atoms with van der Waals surface area (Å²) in [5, 5.41) is 42.5. The van der Waals surface area contributed by atoms with Crippen LogP contribution < -0.4 is 0 Å². The summed E-state index contributed by atoms with van der Waals surface area (Å²) < 4.78 is 39.8. The molecule has 1 rings (SSSR count). The Labute approximate surface area is 169 Å². The number of aliphatic hydroxyl groups is 4. The number of rotatable bonds is 12. The Morgan fingerprint density at radius 1 is 1.04 bits per heavy atom. The van der Waals surface area contributed by atoms with E-state index in [1.165, 1.54) is 6.42 Å². The SMILES string of the molecule is CCCCCCCCC/C(=N/OS(=O)(=O)O)SC1OC(CO)C(O)C(O)C1O. The van der Waals surface area contributed by atoms with Gasteiger partial charge in [0.25, 0.3) is 0 Å². The molecule has 0 amide bonds. The second-order valence-corrected chi connectivity index (χ2v) is 8.85. The lowest BCUT2D eigenvalue weighted by Gasteiger charge is -2.39. The van der Waals surface area contributed by atoms with Crippen LogP contribution in [0.3, 0.4) is 0 Å². The van der Waals surface area contributed by atoms with Gasteiger partial charge in [0.1, 0.15) is 34.9 Å². The van der Waals surface area contributed by atoms with Crippen molar-refractivity contribution in [2.45, 2.75) is 88.1 Å². The van der Waals surface area contributed by atoms with Crippen LogP contribution in [0, 0.1) is 0 Å². The molecular formula is C16H31NO9S2. The molecule has 12 heteroatoms. The van der Waals surface area contributed by atoms with Gasteiger partial charge >= 0.3 is 10.4 Å². The van der Waals surface area contributed by atoms with Gasteiger partial charge in [0.05, 0.1) is 6.61 Å². The van der Waals surface area contributed by atoms with Crippen molar-refractivity contribution in [1.82, 2.24) is 0 Å². The van der Waals surface area contributed by atoms with Crippen molar-refractivity contribution in [3.05, 3.63) is 0 Å². The Hall–Kier alpha value is -0.470. The van der Waals surface area contributed by atoms with Crippen molar-refractivity contribution < 1.29 is 42.4 Å². The van der Waals surface area contributed by atoms with Crippen molar-refractivity contribution in [1.29, 1.82) is 0 Å². The zero-order valence-electron chi connectivity index (χ0n) is 15.9. The van der Waals surface area contributed by atoms with Crippen LogP contribution in [0.15, 0.2) is 5.16 Å². The van der Waals surface area contributed by atoms with Gasteiger partial charge in [-0.25, -0.2) is 4.28 Å². The first-order valence-electron chi connectivity index (χ1n) is 9.39. The minimum Gasteiger partial charge on any atom is -0.394 e. The molecule has 0 radical (unpaired) electrons. The molecule has 5 unspecified atom stereocenters. The molecule has 5 N–H and O–H groups in total. The Kier molecular flexibility index (Phi) is 11.8. The van der Waals surface area contributed by atoms with E-state index < -0.39 is 46.9 Å². The smallest absolute Gasteiger partial charge is 0.394 e. The molecule has 0 aromatic heterocycles. The summed E-state index contributed by atoms with van der Waals surface area (Å²) >= 11 is 0.806. The second kappa shape index (κ2) is 13.0. The number of thioether (sulfide) groups is 1. The van der Waals surface area contributed by atoms with Crippen LogP contribution in [-0.4, -0.2) is 74.9 Å². The lowest BCUT2D eigenvalue weighted by molar-refractivity contribution is -0.205. The zero-order chi connectivity index (χ0) is 21.2. The second-order valence-electron chi connectivity index (χ2n) is 6.67. The normalized spacial score (nSPS) is 29.1. The third-order valence-electron chi connectivity index (χ3n) is 4.33. The summed E-state index contributed by atoms with van der Waals surface area (Å²) in [6.07, 6.45) is 1.84. The van der Waals surface area contributed by atoms with E-state index in [-0.39, 0.29) is 5.04 Å². The van der Waals surface area contributed by atoms with Crippen molar-refractivity contribution in [2.24, 2.45) is 5.16 Å². The molecule has 1 fully saturated rings. The van der Waals surface area contributed by atoms with Crippen LogP contribution in [0.1, 0.15) is 58.3 Å². The van der Waals surface area contributed by atoms with E-state index in [1.807, 2.05) is 0 Å². The van der Waals surface area contributed by atoms with Gasteiger partial charge in [0.2, 0.25) is 0 Å². The summed E-state index contributed by atoms with van der Waals surface area (Å²) in [4.78, 5) is 0. The minimum absolute atomic E-state index is 0.135. The van der Waals surface area contributed by atoms with Gasteiger partial charge in [-0.05, 0) is 12.8 Å². The molecule has 0 saturated carbocycles. The van der Waals surface area contributed by atoms with E-state index in [1.54, 1.807) is 0 Å². The molecule has 10 nitrogen and oxygen atoms in total. The largest absolute Gasteiger partial charge is 0.466 e. The van der Waals surface area contributed by atoms with E-state index in [0.717, 1.165) is 43.9 Å². The fourth-order valence-electron chi connectivity index (χ4n) is 2.75. The number of nitrogens with zero attached hydrogens (tertiary/aromatic N) is 1. The fraction of sp³-hybridized carbons (Fsp3) is 0.938. The van der Waals surface area contributed by atoms with Gasteiger partial charge < -0.3 is 25.2 Å². The molecule has 0 bridgehead atoms. The molecule has 1 aliphatic rings. The standard InChI is InChI=1S/C16H31NO9S2/c1-2-3-4-5-6-7-8-9-12(17-26-28(22,23)24)27-16-15(21)14(20)13(19)11(10-18)25-16/h11,13-16,18-21H,2-10H2,1H3,(H,22,23,24)/b17-12-.